The lowest BCUT2D eigenvalue weighted by atomic mass is 10.0. The molecular weight excluding hydrogens is 786 g/mol. The fourth-order valence-electron chi connectivity index (χ4n) is 7.73. The molecule has 0 spiro atoms. The molecule has 3 saturated heterocycles. The quantitative estimate of drug-likeness (QED) is 0.130. The number of amides is 2. The van der Waals surface area contributed by atoms with Gasteiger partial charge in [-0.05, 0) is 78.9 Å². The van der Waals surface area contributed by atoms with Crippen LogP contribution in [0.5, 0.6) is 0 Å². The van der Waals surface area contributed by atoms with Crippen LogP contribution in [0.4, 0.5) is 47.7 Å². The van der Waals surface area contributed by atoms with Crippen molar-refractivity contribution in [2.45, 2.75) is 57.0 Å². The maximum atomic E-state index is 13.9. The third-order valence-corrected chi connectivity index (χ3v) is 12.3. The van der Waals surface area contributed by atoms with Gasteiger partial charge in [-0.25, -0.2) is 13.4 Å². The van der Waals surface area contributed by atoms with Crippen molar-refractivity contribution in [2.24, 2.45) is 0 Å². The van der Waals surface area contributed by atoms with Gasteiger partial charge in [0.2, 0.25) is 27.8 Å². The first-order chi connectivity index (χ1) is 28.2. The molecule has 1 aromatic heterocycles. The molecule has 4 heterocycles. The van der Waals surface area contributed by atoms with E-state index in [-0.39, 0.29) is 24.3 Å². The van der Waals surface area contributed by atoms with Gasteiger partial charge in [0.25, 0.3) is 0 Å². The summed E-state index contributed by atoms with van der Waals surface area (Å²) in [4.78, 5) is 39.2. The molecule has 59 heavy (non-hydrogen) atoms. The molecule has 0 radical (unpaired) electrons. The first-order valence-electron chi connectivity index (χ1n) is 19.7. The molecule has 7 rings (SSSR count). The van der Waals surface area contributed by atoms with Crippen LogP contribution in [0, 0.1) is 0 Å². The number of nitrogens with one attached hydrogen (secondary N) is 4. The Morgan fingerprint density at radius 3 is 2.29 bits per heavy atom. The number of anilines is 6. The summed E-state index contributed by atoms with van der Waals surface area (Å²) < 4.78 is 66.8. The van der Waals surface area contributed by atoms with Gasteiger partial charge in [-0.1, -0.05) is 24.3 Å². The summed E-state index contributed by atoms with van der Waals surface area (Å²) >= 11 is 0. The van der Waals surface area contributed by atoms with Gasteiger partial charge < -0.3 is 20.9 Å². The van der Waals surface area contributed by atoms with E-state index in [9.17, 15) is 31.2 Å². The van der Waals surface area contributed by atoms with Crippen LogP contribution < -0.4 is 30.5 Å². The number of alkyl halides is 3. The zero-order valence-corrected chi connectivity index (χ0v) is 33.8. The Kier molecular flexibility index (Phi) is 12.6. The van der Waals surface area contributed by atoms with Gasteiger partial charge in [0.15, 0.2) is 0 Å². The molecule has 4 aromatic rings. The Bertz CT molecular complexity index is 2230. The van der Waals surface area contributed by atoms with E-state index < -0.39 is 33.6 Å². The number of hydrogen-bond donors (Lipinski definition) is 4. The molecule has 3 aliphatic heterocycles. The lowest BCUT2D eigenvalue weighted by Crippen LogP contribution is -2.53. The van der Waals surface area contributed by atoms with Crippen molar-refractivity contribution in [2.75, 3.05) is 77.7 Å². The average Bonchev–Trinajstić information content (AvgIpc) is 3.21. The Morgan fingerprint density at radius 1 is 0.881 bits per heavy atom. The first kappa shape index (κ1) is 41.7. The summed E-state index contributed by atoms with van der Waals surface area (Å²) in [6, 6.07) is 22.4. The highest BCUT2D eigenvalue weighted by molar-refractivity contribution is 7.92. The largest absolute Gasteiger partial charge is 0.421 e. The SMILES string of the molecule is CN(c1cccc(CNc2nc(Nc3ccc(N4CCC(N5CCN(Cc6cccc(NC7CCC(=O)NC7=O)c6)CC5)CC4)cc3)ncc2C(F)(F)F)c1)S(C)(=O)=O. The second-order valence-corrected chi connectivity index (χ2v) is 17.3. The van der Waals surface area contributed by atoms with E-state index in [4.69, 9.17) is 0 Å². The van der Waals surface area contributed by atoms with Crippen molar-refractivity contribution in [3.8, 4) is 0 Å². The third-order valence-electron chi connectivity index (χ3n) is 11.1. The van der Waals surface area contributed by atoms with Gasteiger partial charge in [0.1, 0.15) is 17.4 Å². The summed E-state index contributed by atoms with van der Waals surface area (Å²) in [5.74, 6) is -0.907. The molecule has 1 atom stereocenters. The fourth-order valence-corrected chi connectivity index (χ4v) is 8.23. The van der Waals surface area contributed by atoms with Crippen molar-refractivity contribution in [3.05, 3.63) is 95.7 Å². The highest BCUT2D eigenvalue weighted by atomic mass is 32.2. The van der Waals surface area contributed by atoms with Crippen molar-refractivity contribution in [1.82, 2.24) is 25.1 Å². The zero-order valence-electron chi connectivity index (χ0n) is 33.0. The number of halogens is 3. The summed E-state index contributed by atoms with van der Waals surface area (Å²) in [5.41, 5.74) is 3.68. The van der Waals surface area contributed by atoms with Gasteiger partial charge in [-0.15, -0.1) is 0 Å². The number of benzene rings is 3. The maximum absolute atomic E-state index is 13.9. The number of sulfonamides is 1. The number of hydrogen-bond acceptors (Lipinski definition) is 12. The normalized spacial score (nSPS) is 18.7. The molecule has 3 fully saturated rings. The Balaban J connectivity index is 0.881. The van der Waals surface area contributed by atoms with Crippen LogP contribution in [0.2, 0.25) is 0 Å². The van der Waals surface area contributed by atoms with E-state index in [0.717, 1.165) is 86.8 Å². The van der Waals surface area contributed by atoms with Crippen LogP contribution in [0.25, 0.3) is 0 Å². The van der Waals surface area contributed by atoms with Gasteiger partial charge in [0.05, 0.1) is 11.9 Å². The zero-order chi connectivity index (χ0) is 41.7. The van der Waals surface area contributed by atoms with Gasteiger partial charge in [-0.3, -0.25) is 29.0 Å². The minimum atomic E-state index is -4.70. The number of piperidine rings is 2. The van der Waals surface area contributed by atoms with Gasteiger partial charge in [0, 0.05) is 95.1 Å². The standard InChI is InChI=1S/C41H49F3N10O4S/c1-51(59(2,57)58)34-8-4-5-28(24-34)25-45-38-35(41(42,43)44)26-46-40(50-38)48-30-9-11-32(12-10-30)53-17-15-33(16-18-53)54-21-19-52(20-22-54)27-29-6-3-7-31(23-29)47-36-13-14-37(55)49-39(36)56/h3-12,23-24,26,33,36,47H,13-22,25,27H2,1-2H3,(H,49,55,56)(H2,45,46,48,50). The number of imide groups is 1. The van der Waals surface area contributed by atoms with E-state index in [0.29, 0.717) is 35.8 Å². The predicted octanol–water partition coefficient (Wildman–Crippen LogP) is 5.25. The number of rotatable bonds is 13. The molecule has 0 bridgehead atoms. The smallest absolute Gasteiger partial charge is 0.374 e. The topological polar surface area (TPSA) is 155 Å². The van der Waals surface area contributed by atoms with Crippen LogP contribution in [0.1, 0.15) is 42.4 Å². The lowest BCUT2D eigenvalue weighted by molar-refractivity contribution is -0.137. The summed E-state index contributed by atoms with van der Waals surface area (Å²) in [5, 5.41) is 11.5. The summed E-state index contributed by atoms with van der Waals surface area (Å²) in [6.07, 6.45) is 0.0296. The van der Waals surface area contributed by atoms with Crippen LogP contribution >= 0.6 is 0 Å². The molecule has 314 valence electrons. The van der Waals surface area contributed by atoms with Crippen molar-refractivity contribution >= 4 is 56.4 Å². The number of carbonyl (C=O) groups is 2. The van der Waals surface area contributed by atoms with Crippen LogP contribution in [-0.4, -0.2) is 105 Å². The number of piperazine rings is 1. The third kappa shape index (κ3) is 10.8. The van der Waals surface area contributed by atoms with E-state index in [2.05, 4.69) is 58.1 Å². The van der Waals surface area contributed by atoms with Crippen molar-refractivity contribution < 1.29 is 31.2 Å². The van der Waals surface area contributed by atoms with Crippen LogP contribution in [-0.2, 0) is 38.9 Å². The molecule has 18 heteroatoms. The molecule has 3 aromatic carbocycles. The van der Waals surface area contributed by atoms with Crippen molar-refractivity contribution in [1.29, 1.82) is 0 Å². The highest BCUT2D eigenvalue weighted by Crippen LogP contribution is 2.35. The Morgan fingerprint density at radius 2 is 1.59 bits per heavy atom. The summed E-state index contributed by atoms with van der Waals surface area (Å²) in [6.45, 7) is 6.56. The molecule has 4 N–H and O–H groups in total. The van der Waals surface area contributed by atoms with E-state index >= 15 is 0 Å². The molecular formula is C41H49F3N10O4S. The molecule has 0 aliphatic carbocycles. The molecule has 3 aliphatic rings. The molecule has 0 saturated carbocycles. The minimum Gasteiger partial charge on any atom is -0.374 e. The maximum Gasteiger partial charge on any atom is 0.421 e. The second kappa shape index (κ2) is 17.8. The van der Waals surface area contributed by atoms with Gasteiger partial charge >= 0.3 is 6.18 Å². The Labute approximate surface area is 342 Å². The van der Waals surface area contributed by atoms with E-state index in [1.807, 2.05) is 36.4 Å². The molecule has 2 amide bonds. The first-order valence-corrected chi connectivity index (χ1v) is 21.5. The average molecular weight is 835 g/mol. The minimum absolute atomic E-state index is 0.00460. The number of carbonyl (C=O) groups excluding carboxylic acids is 2. The van der Waals surface area contributed by atoms with E-state index in [1.54, 1.807) is 24.3 Å². The Hall–Kier alpha value is -5.46. The molecule has 1 unspecified atom stereocenters. The van der Waals surface area contributed by atoms with Crippen molar-refractivity contribution in [3.63, 3.8) is 0 Å². The summed E-state index contributed by atoms with van der Waals surface area (Å²) in [7, 11) is -2.11. The monoisotopic (exact) mass is 834 g/mol. The number of nitrogens with zero attached hydrogens (tertiary/aromatic N) is 6. The number of aromatic nitrogens is 2. The van der Waals surface area contributed by atoms with Crippen LogP contribution in [0.15, 0.2) is 79.0 Å². The molecule has 14 nitrogen and oxygen atoms in total. The highest BCUT2D eigenvalue weighted by Gasteiger charge is 2.35. The predicted molar refractivity (Wildman–Crippen MR) is 222 cm³/mol. The second-order valence-electron chi connectivity index (χ2n) is 15.3. The van der Waals surface area contributed by atoms with Crippen LogP contribution in [0.3, 0.4) is 0 Å². The van der Waals surface area contributed by atoms with E-state index in [1.165, 1.54) is 12.6 Å². The lowest BCUT2D eigenvalue weighted by Gasteiger charge is -2.43. The fraction of sp³-hybridized carbons (Fsp3) is 0.415. The van der Waals surface area contributed by atoms with Gasteiger partial charge in [-0.2, -0.15) is 18.2 Å².